The molecular weight excluding hydrogens is 271 g/mol. The van der Waals surface area contributed by atoms with Crippen LogP contribution >= 0.6 is 0 Å². The average molecular weight is 284 g/mol. The lowest BCUT2D eigenvalue weighted by atomic mass is 10.1. The zero-order chi connectivity index (χ0) is 14.9. The number of halogens is 3. The second-order valence-corrected chi connectivity index (χ2v) is 4.47. The van der Waals surface area contributed by atoms with Crippen LogP contribution in [0.5, 0.6) is 0 Å². The van der Waals surface area contributed by atoms with Gasteiger partial charge in [0, 0.05) is 19.4 Å². The standard InChI is InChI=1S/C13H12F3N3O/c1-8(10-6-4-3-5-7-10)19-9(2)11(18-20)12(17-19)13(14,15)16/h3-8H,1-2H3/p+1. The fourth-order valence-electron chi connectivity index (χ4n) is 2.13. The summed E-state index contributed by atoms with van der Waals surface area (Å²) >= 11 is 0. The van der Waals surface area contributed by atoms with Gasteiger partial charge in [0.2, 0.25) is 23.1 Å². The van der Waals surface area contributed by atoms with E-state index < -0.39 is 17.6 Å². The third kappa shape index (κ3) is 2.43. The first-order chi connectivity index (χ1) is 9.36. The molecule has 0 amide bonds. The molecule has 0 aliphatic rings. The van der Waals surface area contributed by atoms with E-state index in [0.717, 1.165) is 5.56 Å². The molecule has 20 heavy (non-hydrogen) atoms. The summed E-state index contributed by atoms with van der Waals surface area (Å²) in [5.41, 5.74) is -0.732. The number of rotatable bonds is 3. The summed E-state index contributed by atoms with van der Waals surface area (Å²) in [5, 5.41) is 4.75. The molecule has 1 N–H and O–H groups in total. The third-order valence-electron chi connectivity index (χ3n) is 3.22. The number of nitrogens with one attached hydrogen (secondary N) is 1. The predicted molar refractivity (Wildman–Crippen MR) is 66.4 cm³/mol. The number of hydrogen-bond acceptors (Lipinski definition) is 2. The number of aromatic amines is 1. The maximum absolute atomic E-state index is 12.9. The third-order valence-corrected chi connectivity index (χ3v) is 3.22. The minimum absolute atomic E-state index is 0.156. The van der Waals surface area contributed by atoms with Crippen molar-refractivity contribution < 1.29 is 17.9 Å². The number of nitrogens with zero attached hydrogens (tertiary/aromatic N) is 2. The molecule has 0 spiro atoms. The minimum atomic E-state index is -4.64. The van der Waals surface area contributed by atoms with E-state index in [2.05, 4.69) is 10.3 Å². The summed E-state index contributed by atoms with van der Waals surface area (Å²) < 4.78 is 39.9. The van der Waals surface area contributed by atoms with Gasteiger partial charge in [0.15, 0.2) is 0 Å². The molecule has 0 aliphatic heterocycles. The van der Waals surface area contributed by atoms with Gasteiger partial charge < -0.3 is 0 Å². The second-order valence-electron chi connectivity index (χ2n) is 4.47. The van der Waals surface area contributed by atoms with Gasteiger partial charge in [0.05, 0.1) is 0 Å². The molecule has 1 aromatic heterocycles. The van der Waals surface area contributed by atoms with Gasteiger partial charge in [-0.2, -0.15) is 18.3 Å². The van der Waals surface area contributed by atoms with Crippen LogP contribution in [-0.4, -0.2) is 5.10 Å². The molecule has 7 heteroatoms. The quantitative estimate of drug-likeness (QED) is 0.679. The Morgan fingerprint density at radius 2 is 1.85 bits per heavy atom. The maximum Gasteiger partial charge on any atom is 0.439 e. The van der Waals surface area contributed by atoms with Crippen molar-refractivity contribution in [1.82, 2.24) is 5.10 Å². The van der Waals surface area contributed by atoms with Gasteiger partial charge in [0.1, 0.15) is 0 Å². The van der Waals surface area contributed by atoms with E-state index in [1.807, 2.05) is 6.07 Å². The van der Waals surface area contributed by atoms with Crippen LogP contribution in [0.2, 0.25) is 0 Å². The number of aromatic nitrogens is 2. The fraction of sp³-hybridized carbons (Fsp3) is 0.308. The molecule has 1 unspecified atom stereocenters. The Hall–Kier alpha value is -2.18. The fourth-order valence-corrected chi connectivity index (χ4v) is 2.13. The molecule has 0 bridgehead atoms. The molecule has 0 saturated carbocycles. The Labute approximate surface area is 113 Å². The Morgan fingerprint density at radius 3 is 2.30 bits per heavy atom. The number of nitroso groups, excluding NO2 is 1. The van der Waals surface area contributed by atoms with Gasteiger partial charge >= 0.3 is 6.18 Å². The monoisotopic (exact) mass is 284 g/mol. The van der Waals surface area contributed by atoms with Crippen molar-refractivity contribution in [1.29, 1.82) is 0 Å². The average Bonchev–Trinajstić information content (AvgIpc) is 2.76. The molecule has 2 rings (SSSR count). The number of alkyl halides is 3. The van der Waals surface area contributed by atoms with Crippen molar-refractivity contribution >= 4 is 5.69 Å². The van der Waals surface area contributed by atoms with Crippen LogP contribution in [0.25, 0.3) is 0 Å². The Kier molecular flexibility index (Phi) is 3.61. The highest BCUT2D eigenvalue weighted by Crippen LogP contribution is 2.36. The second kappa shape index (κ2) is 5.07. The molecule has 1 aromatic carbocycles. The van der Waals surface area contributed by atoms with Crippen LogP contribution in [0.15, 0.2) is 35.5 Å². The highest BCUT2D eigenvalue weighted by atomic mass is 19.4. The van der Waals surface area contributed by atoms with Crippen molar-refractivity contribution in [2.75, 3.05) is 0 Å². The van der Waals surface area contributed by atoms with Crippen molar-refractivity contribution in [3.63, 3.8) is 0 Å². The molecule has 0 aliphatic carbocycles. The van der Waals surface area contributed by atoms with Crippen molar-refractivity contribution in [3.05, 3.63) is 52.2 Å². The minimum Gasteiger partial charge on any atom is -0.164 e. The van der Waals surface area contributed by atoms with E-state index in [1.165, 1.54) is 11.6 Å². The van der Waals surface area contributed by atoms with Crippen LogP contribution in [0.1, 0.15) is 29.9 Å². The smallest absolute Gasteiger partial charge is 0.164 e. The summed E-state index contributed by atoms with van der Waals surface area (Å²) in [7, 11) is 0. The van der Waals surface area contributed by atoms with Gasteiger partial charge in [-0.15, -0.1) is 9.59 Å². The van der Waals surface area contributed by atoms with E-state index in [1.54, 1.807) is 31.2 Å². The molecule has 106 valence electrons. The SMILES string of the molecule is Cc1c(N=O)c(C(F)(F)F)[nH][n+]1C(C)c1ccccc1. The summed E-state index contributed by atoms with van der Waals surface area (Å²) in [6.45, 7) is 3.18. The van der Waals surface area contributed by atoms with Gasteiger partial charge in [-0.05, 0) is 5.18 Å². The maximum atomic E-state index is 12.9. The highest BCUT2D eigenvalue weighted by molar-refractivity contribution is 5.45. The van der Waals surface area contributed by atoms with Gasteiger partial charge in [-0.25, -0.2) is 0 Å². The number of hydrogen-bond donors (Lipinski definition) is 1. The van der Waals surface area contributed by atoms with Gasteiger partial charge in [-0.3, -0.25) is 0 Å². The van der Waals surface area contributed by atoms with Crippen molar-refractivity contribution in [2.24, 2.45) is 5.18 Å². The molecular formula is C13H13F3N3O+. The Bertz CT molecular complexity index is 620. The topological polar surface area (TPSA) is 49.1 Å². The van der Waals surface area contributed by atoms with E-state index in [9.17, 15) is 18.1 Å². The summed E-state index contributed by atoms with van der Waals surface area (Å²) in [6, 6.07) is 8.66. The summed E-state index contributed by atoms with van der Waals surface area (Å²) in [6.07, 6.45) is -4.64. The first-order valence-corrected chi connectivity index (χ1v) is 5.96. The van der Waals surface area contributed by atoms with Crippen LogP contribution < -0.4 is 4.68 Å². The Balaban J connectivity index is 2.54. The zero-order valence-electron chi connectivity index (χ0n) is 10.9. The normalized spacial score (nSPS) is 13.2. The first-order valence-electron chi connectivity index (χ1n) is 5.96. The predicted octanol–water partition coefficient (Wildman–Crippen LogP) is 3.64. The molecule has 1 atom stereocenters. The largest absolute Gasteiger partial charge is 0.439 e. The highest BCUT2D eigenvalue weighted by Gasteiger charge is 2.43. The molecule has 1 heterocycles. The zero-order valence-corrected chi connectivity index (χ0v) is 10.9. The number of H-pyrrole nitrogens is 1. The molecule has 0 fully saturated rings. The first kappa shape index (κ1) is 14.2. The lowest BCUT2D eigenvalue weighted by Crippen LogP contribution is -2.43. The van der Waals surface area contributed by atoms with Crippen LogP contribution in [-0.2, 0) is 6.18 Å². The van der Waals surface area contributed by atoms with Crippen LogP contribution in [0, 0.1) is 11.8 Å². The lowest BCUT2D eigenvalue weighted by Gasteiger charge is -2.05. The van der Waals surface area contributed by atoms with Gasteiger partial charge in [0.25, 0.3) is 0 Å². The Morgan fingerprint density at radius 1 is 1.25 bits per heavy atom. The van der Waals surface area contributed by atoms with E-state index in [4.69, 9.17) is 0 Å². The van der Waals surface area contributed by atoms with Crippen LogP contribution in [0.4, 0.5) is 18.9 Å². The van der Waals surface area contributed by atoms with E-state index in [0.29, 0.717) is 0 Å². The molecule has 0 radical (unpaired) electrons. The van der Waals surface area contributed by atoms with E-state index in [-0.39, 0.29) is 11.7 Å². The van der Waals surface area contributed by atoms with Crippen molar-refractivity contribution in [2.45, 2.75) is 26.1 Å². The number of benzene rings is 1. The molecule has 2 aromatic rings. The van der Waals surface area contributed by atoms with Crippen LogP contribution in [0.3, 0.4) is 0 Å². The summed E-state index contributed by atoms with van der Waals surface area (Å²) in [4.78, 5) is 10.7. The molecule has 4 nitrogen and oxygen atoms in total. The summed E-state index contributed by atoms with van der Waals surface area (Å²) in [5.74, 6) is 0. The lowest BCUT2D eigenvalue weighted by molar-refractivity contribution is -0.768. The van der Waals surface area contributed by atoms with Crippen molar-refractivity contribution in [3.8, 4) is 0 Å². The molecule has 0 saturated heterocycles. The van der Waals surface area contributed by atoms with E-state index >= 15 is 0 Å². The van der Waals surface area contributed by atoms with Gasteiger partial charge in [-0.1, -0.05) is 30.3 Å².